The molecule has 35 heavy (non-hydrogen) atoms. The van der Waals surface area contributed by atoms with Gasteiger partial charge in [0.1, 0.15) is 6.61 Å². The molecule has 182 valence electrons. The Bertz CT molecular complexity index is 966. The summed E-state index contributed by atoms with van der Waals surface area (Å²) in [5, 5.41) is 8.20. The van der Waals surface area contributed by atoms with Crippen LogP contribution >= 0.6 is 11.8 Å². The Morgan fingerprint density at radius 1 is 0.743 bits per heavy atom. The summed E-state index contributed by atoms with van der Waals surface area (Å²) in [5.41, 5.74) is 3.55. The van der Waals surface area contributed by atoms with E-state index in [-0.39, 0.29) is 19.2 Å². The molecule has 0 aromatic heterocycles. The molecular formula is C28H31N3O3S. The SMILES string of the molecule is C=CCOC(=O)NCCNC(=O)NCCSC(c1ccccc1)(c1ccccc1)c1ccccc1. The molecule has 3 rings (SSSR count). The molecule has 0 saturated carbocycles. The van der Waals surface area contributed by atoms with Crippen molar-refractivity contribution in [3.05, 3.63) is 120 Å². The fourth-order valence-electron chi connectivity index (χ4n) is 3.73. The molecule has 3 amide bonds. The molecule has 0 spiro atoms. The maximum Gasteiger partial charge on any atom is 0.407 e. The summed E-state index contributed by atoms with van der Waals surface area (Å²) in [5.74, 6) is 0.693. The van der Waals surface area contributed by atoms with Crippen molar-refractivity contribution in [2.24, 2.45) is 0 Å². The molecule has 3 N–H and O–H groups in total. The molecule has 0 aliphatic carbocycles. The second-order valence-corrected chi connectivity index (χ2v) is 8.93. The van der Waals surface area contributed by atoms with Gasteiger partial charge in [-0.2, -0.15) is 0 Å². The van der Waals surface area contributed by atoms with Gasteiger partial charge in [-0.1, -0.05) is 104 Å². The number of ether oxygens (including phenoxy) is 1. The van der Waals surface area contributed by atoms with E-state index < -0.39 is 10.8 Å². The minimum absolute atomic E-state index is 0.147. The average Bonchev–Trinajstić information content (AvgIpc) is 2.91. The smallest absolute Gasteiger partial charge is 0.407 e. The number of carbonyl (C=O) groups excluding carboxylic acids is 2. The van der Waals surface area contributed by atoms with Crippen LogP contribution < -0.4 is 16.0 Å². The van der Waals surface area contributed by atoms with Crippen LogP contribution in [0.25, 0.3) is 0 Å². The zero-order chi connectivity index (χ0) is 24.8. The lowest BCUT2D eigenvalue weighted by molar-refractivity contribution is 0.158. The van der Waals surface area contributed by atoms with Crippen molar-refractivity contribution in [1.29, 1.82) is 0 Å². The lowest BCUT2D eigenvalue weighted by Crippen LogP contribution is -2.41. The highest BCUT2D eigenvalue weighted by molar-refractivity contribution is 8.00. The third kappa shape index (κ3) is 7.39. The van der Waals surface area contributed by atoms with Crippen LogP contribution in [0.1, 0.15) is 16.7 Å². The molecule has 0 aliphatic heterocycles. The molecule has 0 heterocycles. The highest BCUT2D eigenvalue weighted by Crippen LogP contribution is 2.48. The minimum atomic E-state index is -0.539. The van der Waals surface area contributed by atoms with Gasteiger partial charge in [0.25, 0.3) is 0 Å². The van der Waals surface area contributed by atoms with Crippen LogP contribution in [-0.4, -0.2) is 44.1 Å². The predicted molar refractivity (Wildman–Crippen MR) is 143 cm³/mol. The van der Waals surface area contributed by atoms with E-state index in [9.17, 15) is 9.59 Å². The summed E-state index contributed by atoms with van der Waals surface area (Å²) in [6.45, 7) is 4.69. The molecule has 6 nitrogen and oxygen atoms in total. The minimum Gasteiger partial charge on any atom is -0.445 e. The van der Waals surface area contributed by atoms with Crippen molar-refractivity contribution in [1.82, 2.24) is 16.0 Å². The number of hydrogen-bond donors (Lipinski definition) is 3. The van der Waals surface area contributed by atoms with E-state index in [1.54, 1.807) is 11.8 Å². The maximum atomic E-state index is 12.2. The topological polar surface area (TPSA) is 79.5 Å². The van der Waals surface area contributed by atoms with Gasteiger partial charge in [0, 0.05) is 25.4 Å². The number of nitrogens with one attached hydrogen (secondary N) is 3. The van der Waals surface area contributed by atoms with Gasteiger partial charge in [-0.15, -0.1) is 11.8 Å². The lowest BCUT2D eigenvalue weighted by Gasteiger charge is -2.35. The first kappa shape index (κ1) is 25.9. The third-order valence-electron chi connectivity index (χ3n) is 5.26. The molecular weight excluding hydrogens is 458 g/mol. The first-order chi connectivity index (χ1) is 17.2. The summed E-state index contributed by atoms with van der Waals surface area (Å²) in [4.78, 5) is 23.6. The van der Waals surface area contributed by atoms with Gasteiger partial charge in [-0.05, 0) is 16.7 Å². The summed E-state index contributed by atoms with van der Waals surface area (Å²) in [6, 6.07) is 31.1. The Morgan fingerprint density at radius 2 is 1.20 bits per heavy atom. The highest BCUT2D eigenvalue weighted by Gasteiger charge is 2.36. The largest absolute Gasteiger partial charge is 0.445 e. The number of benzene rings is 3. The van der Waals surface area contributed by atoms with Crippen LogP contribution in [0.4, 0.5) is 9.59 Å². The fourth-order valence-corrected chi connectivity index (χ4v) is 5.14. The predicted octanol–water partition coefficient (Wildman–Crippen LogP) is 4.92. The number of hydrogen-bond acceptors (Lipinski definition) is 4. The van der Waals surface area contributed by atoms with E-state index in [2.05, 4.69) is 95.3 Å². The van der Waals surface area contributed by atoms with Gasteiger partial charge in [-0.25, -0.2) is 9.59 Å². The fraction of sp³-hybridized carbons (Fsp3) is 0.214. The molecule has 0 bridgehead atoms. The van der Waals surface area contributed by atoms with E-state index in [0.29, 0.717) is 18.8 Å². The van der Waals surface area contributed by atoms with Gasteiger partial charge in [-0.3, -0.25) is 0 Å². The number of amides is 3. The second kappa shape index (κ2) is 13.9. The van der Waals surface area contributed by atoms with Gasteiger partial charge in [0.05, 0.1) is 4.75 Å². The molecule has 0 unspecified atom stereocenters. The van der Waals surface area contributed by atoms with Crippen LogP contribution in [0.15, 0.2) is 104 Å². The Balaban J connectivity index is 1.63. The zero-order valence-electron chi connectivity index (χ0n) is 19.6. The monoisotopic (exact) mass is 489 g/mol. The molecule has 0 saturated heterocycles. The number of rotatable bonds is 12. The lowest BCUT2D eigenvalue weighted by atomic mass is 9.84. The van der Waals surface area contributed by atoms with Gasteiger partial charge < -0.3 is 20.7 Å². The second-order valence-electron chi connectivity index (χ2n) is 7.62. The summed E-state index contributed by atoms with van der Waals surface area (Å²) < 4.78 is 4.40. The Kier molecular flexibility index (Phi) is 10.3. The number of carbonyl (C=O) groups is 2. The van der Waals surface area contributed by atoms with Crippen LogP contribution in [0.3, 0.4) is 0 Å². The van der Waals surface area contributed by atoms with E-state index in [1.807, 2.05) is 18.2 Å². The van der Waals surface area contributed by atoms with Crippen LogP contribution in [0, 0.1) is 0 Å². The van der Waals surface area contributed by atoms with E-state index in [0.717, 1.165) is 0 Å². The first-order valence-electron chi connectivity index (χ1n) is 11.5. The van der Waals surface area contributed by atoms with E-state index >= 15 is 0 Å². The first-order valence-corrected chi connectivity index (χ1v) is 12.5. The Hall–Kier alpha value is -3.71. The van der Waals surface area contributed by atoms with Crippen molar-refractivity contribution >= 4 is 23.9 Å². The van der Waals surface area contributed by atoms with E-state index in [4.69, 9.17) is 4.74 Å². The van der Waals surface area contributed by atoms with Crippen molar-refractivity contribution in [2.75, 3.05) is 32.0 Å². The van der Waals surface area contributed by atoms with Crippen molar-refractivity contribution in [2.45, 2.75) is 4.75 Å². The third-order valence-corrected chi connectivity index (χ3v) is 6.81. The van der Waals surface area contributed by atoms with Crippen molar-refractivity contribution in [3.8, 4) is 0 Å². The number of urea groups is 1. The Morgan fingerprint density at radius 3 is 1.69 bits per heavy atom. The molecule has 3 aromatic rings. The molecule has 0 atom stereocenters. The van der Waals surface area contributed by atoms with Gasteiger partial charge in [0.2, 0.25) is 0 Å². The van der Waals surface area contributed by atoms with Gasteiger partial charge in [0.15, 0.2) is 0 Å². The standard InChI is InChI=1S/C28H31N3O3S/c1-2-21-34-27(33)31-19-18-29-26(32)30-20-22-35-28(23-12-6-3-7-13-23,24-14-8-4-9-15-24)25-16-10-5-11-17-25/h2-17H,1,18-22H2,(H,31,33)(H2,29,30,32). The molecule has 0 radical (unpaired) electrons. The highest BCUT2D eigenvalue weighted by atomic mass is 32.2. The van der Waals surface area contributed by atoms with Crippen LogP contribution in [0.5, 0.6) is 0 Å². The normalized spacial score (nSPS) is 10.7. The van der Waals surface area contributed by atoms with E-state index in [1.165, 1.54) is 22.8 Å². The maximum absolute atomic E-state index is 12.2. The summed E-state index contributed by atoms with van der Waals surface area (Å²) in [6.07, 6.45) is 0.952. The molecule has 3 aromatic carbocycles. The molecule has 0 fully saturated rings. The van der Waals surface area contributed by atoms with Gasteiger partial charge >= 0.3 is 12.1 Å². The summed E-state index contributed by atoms with van der Waals surface area (Å²) in [7, 11) is 0. The van der Waals surface area contributed by atoms with Crippen LogP contribution in [-0.2, 0) is 9.48 Å². The van der Waals surface area contributed by atoms with Crippen LogP contribution in [0.2, 0.25) is 0 Å². The Labute approximate surface area is 211 Å². The quantitative estimate of drug-likeness (QED) is 0.192. The average molecular weight is 490 g/mol. The zero-order valence-corrected chi connectivity index (χ0v) is 20.4. The van der Waals surface area contributed by atoms with Crippen molar-refractivity contribution in [3.63, 3.8) is 0 Å². The molecule has 7 heteroatoms. The molecule has 0 aliphatic rings. The number of alkyl carbamates (subject to hydrolysis) is 1. The van der Waals surface area contributed by atoms with Crippen molar-refractivity contribution < 1.29 is 14.3 Å². The summed E-state index contributed by atoms with van der Waals surface area (Å²) >= 11 is 1.79. The number of thioether (sulfide) groups is 1.